The smallest absolute Gasteiger partial charge is 0.418 e. The first kappa shape index (κ1) is 20.5. The van der Waals surface area contributed by atoms with Crippen LogP contribution in [0.25, 0.3) is 0 Å². The maximum Gasteiger partial charge on any atom is 0.418 e. The number of para-hydroxylation sites is 1. The first-order chi connectivity index (χ1) is 13.7. The second-order valence-electron chi connectivity index (χ2n) is 6.48. The Balaban J connectivity index is 1.80. The van der Waals surface area contributed by atoms with E-state index in [1.165, 1.54) is 37.3 Å². The van der Waals surface area contributed by atoms with Gasteiger partial charge < -0.3 is 19.7 Å². The van der Waals surface area contributed by atoms with Gasteiger partial charge in [-0.2, -0.15) is 13.2 Å². The predicted octanol–water partition coefficient (Wildman–Crippen LogP) is 3.71. The monoisotopic (exact) mass is 408 g/mol. The molecule has 1 heterocycles. The molecule has 1 saturated heterocycles. The van der Waals surface area contributed by atoms with E-state index in [2.05, 4.69) is 5.32 Å². The molecule has 0 aliphatic carbocycles. The number of amides is 2. The van der Waals surface area contributed by atoms with E-state index in [0.29, 0.717) is 17.2 Å². The molecule has 0 radical (unpaired) electrons. The first-order valence-corrected chi connectivity index (χ1v) is 8.74. The summed E-state index contributed by atoms with van der Waals surface area (Å²) in [4.78, 5) is 26.5. The highest BCUT2D eigenvalue weighted by Crippen LogP contribution is 2.37. The Morgan fingerprint density at radius 1 is 1.14 bits per heavy atom. The second-order valence-corrected chi connectivity index (χ2v) is 6.48. The number of methoxy groups -OCH3 is 2. The minimum Gasteiger partial charge on any atom is -0.497 e. The van der Waals surface area contributed by atoms with E-state index in [-0.39, 0.29) is 24.6 Å². The molecule has 0 bridgehead atoms. The third-order valence-corrected chi connectivity index (χ3v) is 4.66. The van der Waals surface area contributed by atoms with E-state index in [1.54, 1.807) is 18.2 Å². The molecule has 2 aromatic rings. The van der Waals surface area contributed by atoms with Crippen LogP contribution in [0.15, 0.2) is 42.5 Å². The van der Waals surface area contributed by atoms with Crippen molar-refractivity contribution in [3.05, 3.63) is 48.0 Å². The third kappa shape index (κ3) is 4.28. The Morgan fingerprint density at radius 3 is 2.52 bits per heavy atom. The highest BCUT2D eigenvalue weighted by atomic mass is 19.4. The van der Waals surface area contributed by atoms with Gasteiger partial charge in [0.05, 0.1) is 37.1 Å². The second kappa shape index (κ2) is 8.02. The van der Waals surface area contributed by atoms with Gasteiger partial charge in [0.25, 0.3) is 0 Å². The van der Waals surface area contributed by atoms with Gasteiger partial charge in [0.1, 0.15) is 11.5 Å². The Hall–Kier alpha value is -3.23. The average molecular weight is 408 g/mol. The summed E-state index contributed by atoms with van der Waals surface area (Å²) >= 11 is 0. The summed E-state index contributed by atoms with van der Waals surface area (Å²) in [6, 6.07) is 9.63. The summed E-state index contributed by atoms with van der Waals surface area (Å²) in [6.45, 7) is 0.0162. The van der Waals surface area contributed by atoms with Crippen molar-refractivity contribution >= 4 is 23.2 Å². The normalized spacial score (nSPS) is 16.7. The Labute approximate surface area is 165 Å². The molecule has 29 heavy (non-hydrogen) atoms. The van der Waals surface area contributed by atoms with Crippen LogP contribution in [0.2, 0.25) is 0 Å². The average Bonchev–Trinajstić information content (AvgIpc) is 3.08. The lowest BCUT2D eigenvalue weighted by molar-refractivity contribution is -0.137. The highest BCUT2D eigenvalue weighted by Gasteiger charge is 2.38. The lowest BCUT2D eigenvalue weighted by Gasteiger charge is -2.20. The summed E-state index contributed by atoms with van der Waals surface area (Å²) in [5, 5.41) is 2.31. The zero-order chi connectivity index (χ0) is 21.2. The molecule has 2 aromatic carbocycles. The fourth-order valence-electron chi connectivity index (χ4n) is 3.20. The van der Waals surface area contributed by atoms with E-state index in [1.807, 2.05) is 0 Å². The summed E-state index contributed by atoms with van der Waals surface area (Å²) in [6.07, 6.45) is -4.73. The molecule has 2 amide bonds. The Morgan fingerprint density at radius 2 is 1.86 bits per heavy atom. The van der Waals surface area contributed by atoms with Crippen molar-refractivity contribution in [3.63, 3.8) is 0 Å². The van der Waals surface area contributed by atoms with Crippen molar-refractivity contribution in [2.24, 2.45) is 5.92 Å². The molecular formula is C20H19F3N2O4. The van der Waals surface area contributed by atoms with Gasteiger partial charge >= 0.3 is 6.18 Å². The van der Waals surface area contributed by atoms with Crippen LogP contribution >= 0.6 is 0 Å². The molecule has 0 saturated carbocycles. The number of hydrogen-bond acceptors (Lipinski definition) is 4. The number of ether oxygens (including phenoxy) is 2. The first-order valence-electron chi connectivity index (χ1n) is 8.74. The molecule has 0 spiro atoms. The molecule has 9 heteroatoms. The summed E-state index contributed by atoms with van der Waals surface area (Å²) in [5.74, 6) is -0.872. The van der Waals surface area contributed by atoms with E-state index in [9.17, 15) is 22.8 Å². The van der Waals surface area contributed by atoms with Crippen LogP contribution < -0.4 is 19.7 Å². The van der Waals surface area contributed by atoms with Crippen molar-refractivity contribution in [1.29, 1.82) is 0 Å². The number of nitrogens with zero attached hydrogens (tertiary/aromatic N) is 1. The number of alkyl halides is 3. The van der Waals surface area contributed by atoms with E-state index in [4.69, 9.17) is 9.47 Å². The SMILES string of the molecule is COc1ccc(OC)c(N2C[C@H](C(=O)Nc3ccccc3C(F)(F)F)CC2=O)c1. The number of carbonyl (C=O) groups is 2. The number of anilines is 2. The molecule has 154 valence electrons. The number of halogens is 3. The van der Waals surface area contributed by atoms with Gasteiger partial charge in [-0.05, 0) is 24.3 Å². The van der Waals surface area contributed by atoms with Gasteiger partial charge in [0.15, 0.2) is 0 Å². The van der Waals surface area contributed by atoms with Gasteiger partial charge in [-0.3, -0.25) is 9.59 Å². The van der Waals surface area contributed by atoms with Gasteiger partial charge in [-0.1, -0.05) is 12.1 Å². The van der Waals surface area contributed by atoms with E-state index >= 15 is 0 Å². The molecule has 1 fully saturated rings. The van der Waals surface area contributed by atoms with Crippen molar-refractivity contribution in [3.8, 4) is 11.5 Å². The van der Waals surface area contributed by atoms with Crippen LogP contribution in [-0.2, 0) is 15.8 Å². The van der Waals surface area contributed by atoms with E-state index in [0.717, 1.165) is 6.07 Å². The lowest BCUT2D eigenvalue weighted by Crippen LogP contribution is -2.29. The molecule has 3 rings (SSSR count). The van der Waals surface area contributed by atoms with E-state index < -0.39 is 23.6 Å². The number of rotatable bonds is 5. The van der Waals surface area contributed by atoms with Crippen LogP contribution in [0.4, 0.5) is 24.5 Å². The van der Waals surface area contributed by atoms with Gasteiger partial charge in [0.2, 0.25) is 11.8 Å². The number of benzene rings is 2. The summed E-state index contributed by atoms with van der Waals surface area (Å²) in [5.41, 5.74) is -0.846. The molecule has 1 aliphatic heterocycles. The summed E-state index contributed by atoms with van der Waals surface area (Å²) in [7, 11) is 2.93. The molecule has 1 atom stereocenters. The Kier molecular flexibility index (Phi) is 5.67. The molecular weight excluding hydrogens is 389 g/mol. The molecule has 1 aliphatic rings. The van der Waals surface area contributed by atoms with Crippen LogP contribution in [-0.4, -0.2) is 32.6 Å². The van der Waals surface area contributed by atoms with Crippen LogP contribution in [0.5, 0.6) is 11.5 Å². The lowest BCUT2D eigenvalue weighted by atomic mass is 10.1. The largest absolute Gasteiger partial charge is 0.497 e. The van der Waals surface area contributed by atoms with Gasteiger partial charge in [-0.15, -0.1) is 0 Å². The van der Waals surface area contributed by atoms with Crippen molar-refractivity contribution in [2.45, 2.75) is 12.6 Å². The van der Waals surface area contributed by atoms with Crippen molar-refractivity contribution in [1.82, 2.24) is 0 Å². The van der Waals surface area contributed by atoms with Crippen LogP contribution in [0.3, 0.4) is 0 Å². The highest BCUT2D eigenvalue weighted by molar-refractivity contribution is 6.04. The zero-order valence-electron chi connectivity index (χ0n) is 15.7. The fraction of sp³-hybridized carbons (Fsp3) is 0.300. The molecule has 0 aromatic heterocycles. The maximum absolute atomic E-state index is 13.1. The van der Waals surface area contributed by atoms with Crippen molar-refractivity contribution in [2.75, 3.05) is 31.0 Å². The topological polar surface area (TPSA) is 67.9 Å². The minimum absolute atomic E-state index is 0.0162. The molecule has 1 N–H and O–H groups in total. The third-order valence-electron chi connectivity index (χ3n) is 4.66. The Bertz CT molecular complexity index is 930. The van der Waals surface area contributed by atoms with Gasteiger partial charge in [-0.25, -0.2) is 0 Å². The van der Waals surface area contributed by atoms with Gasteiger partial charge in [0, 0.05) is 19.0 Å². The molecule has 0 unspecified atom stereocenters. The van der Waals surface area contributed by atoms with Crippen LogP contribution in [0.1, 0.15) is 12.0 Å². The fourth-order valence-corrected chi connectivity index (χ4v) is 3.20. The predicted molar refractivity (Wildman–Crippen MR) is 100 cm³/mol. The number of carbonyl (C=O) groups excluding carboxylic acids is 2. The van der Waals surface area contributed by atoms with Crippen LogP contribution in [0, 0.1) is 5.92 Å². The summed E-state index contributed by atoms with van der Waals surface area (Å²) < 4.78 is 49.9. The van der Waals surface area contributed by atoms with Crippen molar-refractivity contribution < 1.29 is 32.2 Å². The maximum atomic E-state index is 13.1. The minimum atomic E-state index is -4.60. The number of hydrogen-bond donors (Lipinski definition) is 1. The number of nitrogens with one attached hydrogen (secondary N) is 1. The molecule has 6 nitrogen and oxygen atoms in total. The quantitative estimate of drug-likeness (QED) is 0.819. The zero-order valence-corrected chi connectivity index (χ0v) is 15.7. The standard InChI is InChI=1S/C20H19F3N2O4/c1-28-13-7-8-17(29-2)16(10-13)25-11-12(9-18(25)26)19(27)24-15-6-4-3-5-14(15)20(21,22)23/h3-8,10,12H,9,11H2,1-2H3,(H,24,27)/t12-/m1/s1.